The van der Waals surface area contributed by atoms with Crippen molar-refractivity contribution in [2.24, 2.45) is 0 Å². The van der Waals surface area contributed by atoms with Crippen LogP contribution >= 0.6 is 11.3 Å². The van der Waals surface area contributed by atoms with E-state index < -0.39 is 5.60 Å². The van der Waals surface area contributed by atoms with Crippen molar-refractivity contribution in [3.05, 3.63) is 33.9 Å². The molecular formula is C22H25N7O3S. The number of hydrogen-bond donors (Lipinski definition) is 3. The largest absolute Gasteiger partial charge is 0.444 e. The van der Waals surface area contributed by atoms with E-state index in [9.17, 15) is 9.59 Å². The van der Waals surface area contributed by atoms with E-state index in [2.05, 4.69) is 24.8 Å². The molecule has 0 saturated carbocycles. The molecule has 0 unspecified atom stereocenters. The lowest BCUT2D eigenvalue weighted by Crippen LogP contribution is -2.50. The number of nitrogens with zero attached hydrogens (tertiary/aromatic N) is 4. The number of carbonyl (C=O) groups is 1. The molecular weight excluding hydrogens is 442 g/mol. The fraction of sp³-hybridized carbons (Fsp3) is 0.364. The van der Waals surface area contributed by atoms with Gasteiger partial charge in [-0.2, -0.15) is 0 Å². The number of rotatable bonds is 2. The molecule has 1 aliphatic rings. The Kier molecular flexibility index (Phi) is 5.00. The summed E-state index contributed by atoms with van der Waals surface area (Å²) in [4.78, 5) is 44.8. The maximum absolute atomic E-state index is 12.7. The Morgan fingerprint density at radius 3 is 2.61 bits per heavy atom. The summed E-state index contributed by atoms with van der Waals surface area (Å²) in [5.41, 5.74) is 7.41. The first-order valence-corrected chi connectivity index (χ1v) is 11.6. The number of anilines is 2. The Hall–Kier alpha value is -3.60. The van der Waals surface area contributed by atoms with Gasteiger partial charge in [0, 0.05) is 31.6 Å². The van der Waals surface area contributed by atoms with Crippen molar-refractivity contribution in [2.75, 3.05) is 36.8 Å². The first-order valence-electron chi connectivity index (χ1n) is 10.7. The molecule has 0 spiro atoms. The molecule has 1 saturated heterocycles. The van der Waals surface area contributed by atoms with Crippen molar-refractivity contribution in [1.29, 1.82) is 0 Å². The highest BCUT2D eigenvalue weighted by Gasteiger charge is 2.26. The van der Waals surface area contributed by atoms with Crippen molar-refractivity contribution in [1.82, 2.24) is 24.8 Å². The van der Waals surface area contributed by atoms with Gasteiger partial charge in [0.1, 0.15) is 27.6 Å². The molecule has 1 aliphatic heterocycles. The van der Waals surface area contributed by atoms with Gasteiger partial charge in [-0.1, -0.05) is 0 Å². The minimum atomic E-state index is -0.516. The second-order valence-electron chi connectivity index (χ2n) is 8.99. The third-order valence-electron chi connectivity index (χ3n) is 5.50. The molecule has 4 aromatic heterocycles. The van der Waals surface area contributed by atoms with Crippen LogP contribution < -0.4 is 16.2 Å². The van der Waals surface area contributed by atoms with Crippen molar-refractivity contribution in [2.45, 2.75) is 26.4 Å². The number of nitrogens with two attached hydrogens (primary N) is 1. The van der Waals surface area contributed by atoms with E-state index in [0.29, 0.717) is 54.4 Å². The van der Waals surface area contributed by atoms with Crippen molar-refractivity contribution < 1.29 is 9.53 Å². The summed E-state index contributed by atoms with van der Waals surface area (Å²) in [6.45, 7) is 7.95. The van der Waals surface area contributed by atoms with E-state index in [-0.39, 0.29) is 11.7 Å². The summed E-state index contributed by atoms with van der Waals surface area (Å²) >= 11 is 1.43. The van der Waals surface area contributed by atoms with Crippen LogP contribution in [0, 0.1) is 0 Å². The number of pyridine rings is 2. The summed E-state index contributed by atoms with van der Waals surface area (Å²) < 4.78 is 5.46. The molecule has 33 heavy (non-hydrogen) atoms. The number of carbonyl (C=O) groups excluding carboxylic acids is 1. The molecule has 5 rings (SSSR count). The van der Waals surface area contributed by atoms with Crippen LogP contribution in [0.3, 0.4) is 0 Å². The number of nitrogens with one attached hydrogen (secondary N) is 2. The molecule has 4 N–H and O–H groups in total. The second kappa shape index (κ2) is 7.77. The minimum Gasteiger partial charge on any atom is -0.444 e. The van der Waals surface area contributed by atoms with Crippen molar-refractivity contribution in [3.63, 3.8) is 0 Å². The van der Waals surface area contributed by atoms with E-state index >= 15 is 0 Å². The highest BCUT2D eigenvalue weighted by atomic mass is 32.1. The number of ether oxygens (including phenoxy) is 1. The van der Waals surface area contributed by atoms with Crippen molar-refractivity contribution in [3.8, 4) is 11.4 Å². The van der Waals surface area contributed by atoms with E-state index in [1.165, 1.54) is 11.3 Å². The van der Waals surface area contributed by atoms with E-state index in [1.54, 1.807) is 4.90 Å². The summed E-state index contributed by atoms with van der Waals surface area (Å²) in [7, 11) is 0. The smallest absolute Gasteiger partial charge is 0.410 e. The van der Waals surface area contributed by atoms with E-state index in [4.69, 9.17) is 10.5 Å². The van der Waals surface area contributed by atoms with Gasteiger partial charge in [-0.3, -0.25) is 4.79 Å². The lowest BCUT2D eigenvalue weighted by molar-refractivity contribution is 0.0240. The summed E-state index contributed by atoms with van der Waals surface area (Å²) in [6, 6.07) is 5.68. The number of aromatic nitrogens is 4. The lowest BCUT2D eigenvalue weighted by Gasteiger charge is -2.36. The van der Waals surface area contributed by atoms with Gasteiger partial charge in [0.25, 0.3) is 5.56 Å². The zero-order valence-corrected chi connectivity index (χ0v) is 19.5. The van der Waals surface area contributed by atoms with Crippen LogP contribution in [0.5, 0.6) is 0 Å². The maximum atomic E-state index is 12.7. The predicted octanol–water partition coefficient (Wildman–Crippen LogP) is 3.17. The van der Waals surface area contributed by atoms with Crippen molar-refractivity contribution >= 4 is 50.3 Å². The van der Waals surface area contributed by atoms with Crippen LogP contribution in [-0.2, 0) is 4.74 Å². The molecule has 1 fully saturated rings. The minimum absolute atomic E-state index is 0.292. The Morgan fingerprint density at radius 2 is 1.88 bits per heavy atom. The van der Waals surface area contributed by atoms with Gasteiger partial charge < -0.3 is 30.2 Å². The van der Waals surface area contributed by atoms with Gasteiger partial charge in [0.2, 0.25) is 0 Å². The van der Waals surface area contributed by atoms with Crippen LogP contribution in [0.1, 0.15) is 20.8 Å². The highest BCUT2D eigenvalue weighted by Crippen LogP contribution is 2.30. The molecule has 172 valence electrons. The average Bonchev–Trinajstić information content (AvgIpc) is 3.39. The Morgan fingerprint density at radius 1 is 1.12 bits per heavy atom. The third-order valence-corrected chi connectivity index (χ3v) is 6.33. The average molecular weight is 468 g/mol. The first-order chi connectivity index (χ1) is 15.7. The molecule has 11 heteroatoms. The molecule has 0 radical (unpaired) electrons. The van der Waals surface area contributed by atoms with Crippen LogP contribution in [0.2, 0.25) is 0 Å². The van der Waals surface area contributed by atoms with Gasteiger partial charge in [0.15, 0.2) is 5.65 Å². The molecule has 4 aromatic rings. The molecule has 5 heterocycles. The standard InChI is InChI=1S/C22H25N7O3S/c1-22(2,3)32-21(31)29-9-7-28(8-10-29)14-5-4-13-17(25-14)26-18(24-13)15-16(23)12-6-11-33-20(12)27-19(15)30/h4-6,11H,7-10H2,1-3H3,(H3,23,27,30)(H,24,25,26). The van der Waals surface area contributed by atoms with Gasteiger partial charge in [-0.05, 0) is 44.4 Å². The monoisotopic (exact) mass is 467 g/mol. The molecule has 0 atom stereocenters. The third kappa shape index (κ3) is 3.99. The topological polar surface area (TPSA) is 133 Å². The molecule has 10 nitrogen and oxygen atoms in total. The highest BCUT2D eigenvalue weighted by molar-refractivity contribution is 7.16. The lowest BCUT2D eigenvalue weighted by atomic mass is 10.2. The predicted molar refractivity (Wildman–Crippen MR) is 130 cm³/mol. The number of amides is 1. The van der Waals surface area contributed by atoms with Crippen LogP contribution in [0.15, 0.2) is 28.4 Å². The van der Waals surface area contributed by atoms with Gasteiger partial charge in [-0.25, -0.2) is 14.8 Å². The summed E-state index contributed by atoms with van der Waals surface area (Å²) in [6.07, 6.45) is -0.298. The fourth-order valence-corrected chi connectivity index (χ4v) is 4.69. The van der Waals surface area contributed by atoms with Crippen LogP contribution in [0.4, 0.5) is 16.3 Å². The fourth-order valence-electron chi connectivity index (χ4n) is 3.90. The second-order valence-corrected chi connectivity index (χ2v) is 9.90. The van der Waals surface area contributed by atoms with Crippen LogP contribution in [-0.4, -0.2) is 62.7 Å². The number of imidazole rings is 1. The Labute approximate surface area is 193 Å². The SMILES string of the molecule is CC(C)(C)OC(=O)N1CCN(c2ccc3[nH]c(-c4c(N)c5ccsc5[nH]c4=O)nc3n2)CC1. The molecule has 0 aromatic carbocycles. The zero-order chi connectivity index (χ0) is 23.3. The normalized spacial score (nSPS) is 14.9. The Bertz CT molecular complexity index is 1410. The van der Waals surface area contributed by atoms with E-state index in [0.717, 1.165) is 16.0 Å². The molecule has 1 amide bonds. The number of fused-ring (bicyclic) bond motifs is 2. The van der Waals surface area contributed by atoms with Crippen LogP contribution in [0.25, 0.3) is 32.8 Å². The molecule has 0 aliphatic carbocycles. The van der Waals surface area contributed by atoms with Gasteiger partial charge in [-0.15, -0.1) is 11.3 Å². The quantitative estimate of drug-likeness (QED) is 0.412. The summed E-state index contributed by atoms with van der Waals surface area (Å²) in [5.74, 6) is 1.15. The van der Waals surface area contributed by atoms with Gasteiger partial charge >= 0.3 is 6.09 Å². The summed E-state index contributed by atoms with van der Waals surface area (Å²) in [5, 5.41) is 2.68. The number of aromatic amines is 2. The first kappa shape index (κ1) is 21.3. The number of hydrogen-bond acceptors (Lipinski definition) is 8. The Balaban J connectivity index is 1.38. The number of thiophene rings is 1. The maximum Gasteiger partial charge on any atom is 0.410 e. The van der Waals surface area contributed by atoms with Gasteiger partial charge in [0.05, 0.1) is 11.2 Å². The van der Waals surface area contributed by atoms with E-state index in [1.807, 2.05) is 44.4 Å². The number of H-pyrrole nitrogens is 2. The number of nitrogen functional groups attached to an aromatic ring is 1. The zero-order valence-electron chi connectivity index (χ0n) is 18.6. The number of piperazine rings is 1. The molecule has 0 bridgehead atoms.